The van der Waals surface area contributed by atoms with Gasteiger partial charge in [-0.2, -0.15) is 0 Å². The van der Waals surface area contributed by atoms with Gasteiger partial charge in [-0.25, -0.2) is 4.98 Å². The molecule has 0 aliphatic rings. The zero-order valence-corrected chi connectivity index (χ0v) is 19.0. The van der Waals surface area contributed by atoms with Crippen LogP contribution in [0.1, 0.15) is 20.3 Å². The highest BCUT2D eigenvalue weighted by molar-refractivity contribution is 8.00. The van der Waals surface area contributed by atoms with Gasteiger partial charge in [0.1, 0.15) is 22.0 Å². The largest absolute Gasteiger partial charge is 0.573 e. The van der Waals surface area contributed by atoms with E-state index in [1.165, 1.54) is 16.7 Å². The van der Waals surface area contributed by atoms with Crippen molar-refractivity contribution in [3.05, 3.63) is 58.9 Å². The second kappa shape index (κ2) is 9.41. The topological polar surface area (TPSA) is 86.2 Å². The fourth-order valence-corrected chi connectivity index (χ4v) is 4.53. The first-order valence-electron chi connectivity index (χ1n) is 10.4. The van der Waals surface area contributed by atoms with Crippen molar-refractivity contribution >= 4 is 39.7 Å². The molecule has 11 heteroatoms. The van der Waals surface area contributed by atoms with E-state index < -0.39 is 28.9 Å². The SMILES string of the molecule is CCOC(=O)C(CC)Sc1nc2c([nH]c3ccccc32)c(=O)n1-c1ccc(OC(F)(F)F)cc1. The lowest BCUT2D eigenvalue weighted by atomic mass is 10.2. The van der Waals surface area contributed by atoms with E-state index in [1.54, 1.807) is 6.92 Å². The van der Waals surface area contributed by atoms with E-state index in [4.69, 9.17) is 4.74 Å². The van der Waals surface area contributed by atoms with Crippen LogP contribution >= 0.6 is 11.8 Å². The summed E-state index contributed by atoms with van der Waals surface area (Å²) in [4.78, 5) is 33.7. The number of rotatable bonds is 7. The van der Waals surface area contributed by atoms with Crippen LogP contribution in [0.15, 0.2) is 58.5 Å². The maximum Gasteiger partial charge on any atom is 0.573 e. The number of benzene rings is 2. The maximum absolute atomic E-state index is 13.5. The third-order valence-corrected chi connectivity index (χ3v) is 6.29. The van der Waals surface area contributed by atoms with Crippen molar-refractivity contribution in [2.45, 2.75) is 37.0 Å². The number of H-pyrrole nitrogens is 1. The molecule has 2 aromatic carbocycles. The van der Waals surface area contributed by atoms with Crippen molar-refractivity contribution in [1.82, 2.24) is 14.5 Å². The molecule has 0 amide bonds. The molecule has 1 N–H and O–H groups in total. The number of halogens is 3. The highest BCUT2D eigenvalue weighted by atomic mass is 32.2. The lowest BCUT2D eigenvalue weighted by Gasteiger charge is -2.17. The molecule has 7 nitrogen and oxygen atoms in total. The minimum absolute atomic E-state index is 0.207. The summed E-state index contributed by atoms with van der Waals surface area (Å²) in [5.74, 6) is -0.861. The first-order valence-corrected chi connectivity index (χ1v) is 11.3. The Morgan fingerprint density at radius 2 is 1.85 bits per heavy atom. The minimum Gasteiger partial charge on any atom is -0.465 e. The van der Waals surface area contributed by atoms with E-state index in [-0.39, 0.29) is 23.0 Å². The van der Waals surface area contributed by atoms with Gasteiger partial charge in [-0.1, -0.05) is 36.9 Å². The van der Waals surface area contributed by atoms with Crippen LogP contribution in [0.5, 0.6) is 5.75 Å². The van der Waals surface area contributed by atoms with Crippen LogP contribution in [0.25, 0.3) is 27.6 Å². The predicted octanol–water partition coefficient (Wildman–Crippen LogP) is 5.20. The van der Waals surface area contributed by atoms with Gasteiger partial charge >= 0.3 is 12.3 Å². The summed E-state index contributed by atoms with van der Waals surface area (Å²) in [6.07, 6.45) is -4.41. The molecule has 1 atom stereocenters. The van der Waals surface area contributed by atoms with Gasteiger partial charge in [-0.15, -0.1) is 13.2 Å². The number of esters is 1. The summed E-state index contributed by atoms with van der Waals surface area (Å²) in [7, 11) is 0. The van der Waals surface area contributed by atoms with Crippen LogP contribution in [0.3, 0.4) is 0 Å². The molecule has 0 spiro atoms. The molecule has 4 rings (SSSR count). The summed E-state index contributed by atoms with van der Waals surface area (Å²) in [6, 6.07) is 12.2. The summed E-state index contributed by atoms with van der Waals surface area (Å²) in [5.41, 5.74) is 1.21. The molecule has 1 unspecified atom stereocenters. The quantitative estimate of drug-likeness (QED) is 0.217. The third kappa shape index (κ3) is 4.74. The smallest absolute Gasteiger partial charge is 0.465 e. The average Bonchev–Trinajstić information content (AvgIpc) is 3.16. The van der Waals surface area contributed by atoms with Crippen molar-refractivity contribution in [2.75, 3.05) is 6.61 Å². The van der Waals surface area contributed by atoms with Crippen molar-refractivity contribution in [3.8, 4) is 11.4 Å². The average molecular weight is 491 g/mol. The highest BCUT2D eigenvalue weighted by Gasteiger charge is 2.31. The van der Waals surface area contributed by atoms with Crippen LogP contribution in [0.2, 0.25) is 0 Å². The number of carbonyl (C=O) groups excluding carboxylic acids is 1. The van der Waals surface area contributed by atoms with Crippen molar-refractivity contribution in [1.29, 1.82) is 0 Å². The van der Waals surface area contributed by atoms with Gasteiger partial charge in [0, 0.05) is 10.9 Å². The standard InChI is InChI=1S/C23H20F3N3O4S/c1-3-17(21(31)32-4-2)34-22-28-18-15-7-5-6-8-16(15)27-19(18)20(30)29(22)13-9-11-14(12-10-13)33-23(24,25)26/h5-12,17,27H,3-4H2,1-2H3. The molecule has 2 heterocycles. The normalized spacial score (nSPS) is 12.7. The fourth-order valence-electron chi connectivity index (χ4n) is 3.51. The summed E-state index contributed by atoms with van der Waals surface area (Å²) in [6.45, 7) is 3.72. The van der Waals surface area contributed by atoms with E-state index in [0.717, 1.165) is 29.3 Å². The van der Waals surface area contributed by atoms with Crippen molar-refractivity contribution < 1.29 is 27.4 Å². The first kappa shape index (κ1) is 23.7. The third-order valence-electron chi connectivity index (χ3n) is 4.99. The molecule has 2 aromatic heterocycles. The number of ether oxygens (including phenoxy) is 2. The van der Waals surface area contributed by atoms with E-state index in [1.807, 2.05) is 31.2 Å². The van der Waals surface area contributed by atoms with Crippen LogP contribution in [0.4, 0.5) is 13.2 Å². The molecular formula is C23H20F3N3O4S. The number of hydrogen-bond donors (Lipinski definition) is 1. The Labute approximate surface area is 195 Å². The predicted molar refractivity (Wildman–Crippen MR) is 122 cm³/mol. The number of para-hydroxylation sites is 1. The van der Waals surface area contributed by atoms with E-state index in [9.17, 15) is 22.8 Å². The van der Waals surface area contributed by atoms with Gasteiger partial charge < -0.3 is 14.5 Å². The Morgan fingerprint density at radius 3 is 2.50 bits per heavy atom. The van der Waals surface area contributed by atoms with Crippen LogP contribution < -0.4 is 10.3 Å². The number of alkyl halides is 3. The Balaban J connectivity index is 1.89. The number of nitrogens with zero attached hydrogens (tertiary/aromatic N) is 2. The van der Waals surface area contributed by atoms with Crippen molar-refractivity contribution in [3.63, 3.8) is 0 Å². The first-order chi connectivity index (χ1) is 16.2. The van der Waals surface area contributed by atoms with E-state index in [2.05, 4.69) is 14.7 Å². The summed E-state index contributed by atoms with van der Waals surface area (Å²) < 4.78 is 48.0. The van der Waals surface area contributed by atoms with Gasteiger partial charge in [0.25, 0.3) is 5.56 Å². The van der Waals surface area contributed by atoms with E-state index in [0.29, 0.717) is 17.5 Å². The molecule has 0 aliphatic heterocycles. The lowest BCUT2D eigenvalue weighted by Crippen LogP contribution is -2.25. The van der Waals surface area contributed by atoms with Gasteiger partial charge in [0.2, 0.25) is 0 Å². The molecule has 0 saturated heterocycles. The van der Waals surface area contributed by atoms with Gasteiger partial charge in [-0.05, 0) is 43.7 Å². The number of nitrogens with one attached hydrogen (secondary N) is 1. The molecule has 0 fully saturated rings. The Kier molecular flexibility index (Phi) is 6.56. The monoisotopic (exact) mass is 491 g/mol. The molecule has 178 valence electrons. The number of aromatic nitrogens is 3. The van der Waals surface area contributed by atoms with E-state index >= 15 is 0 Å². The highest BCUT2D eigenvalue weighted by Crippen LogP contribution is 2.31. The molecular weight excluding hydrogens is 471 g/mol. The molecule has 0 aliphatic carbocycles. The van der Waals surface area contributed by atoms with Crippen LogP contribution in [-0.4, -0.2) is 38.7 Å². The van der Waals surface area contributed by atoms with Gasteiger partial charge in [-0.3, -0.25) is 14.2 Å². The van der Waals surface area contributed by atoms with Crippen LogP contribution in [0, 0.1) is 0 Å². The van der Waals surface area contributed by atoms with Gasteiger partial charge in [0.05, 0.1) is 12.3 Å². The summed E-state index contributed by atoms with van der Waals surface area (Å²) in [5, 5.41) is 0.321. The molecule has 34 heavy (non-hydrogen) atoms. The van der Waals surface area contributed by atoms with Crippen LogP contribution in [-0.2, 0) is 9.53 Å². The molecule has 0 saturated carbocycles. The fraction of sp³-hybridized carbons (Fsp3) is 0.261. The number of fused-ring (bicyclic) bond motifs is 3. The number of thioether (sulfide) groups is 1. The molecule has 0 bridgehead atoms. The zero-order chi connectivity index (χ0) is 24.5. The second-order valence-electron chi connectivity index (χ2n) is 7.24. The maximum atomic E-state index is 13.5. The number of aromatic amines is 1. The Bertz CT molecular complexity index is 1400. The Morgan fingerprint density at radius 1 is 1.15 bits per heavy atom. The molecule has 4 aromatic rings. The molecule has 0 radical (unpaired) electrons. The minimum atomic E-state index is -4.84. The Hall–Kier alpha value is -3.47. The summed E-state index contributed by atoms with van der Waals surface area (Å²) >= 11 is 1.07. The number of hydrogen-bond acceptors (Lipinski definition) is 6. The zero-order valence-electron chi connectivity index (χ0n) is 18.2. The number of carbonyl (C=O) groups is 1. The second-order valence-corrected chi connectivity index (χ2v) is 8.41. The van der Waals surface area contributed by atoms with Gasteiger partial charge in [0.15, 0.2) is 5.16 Å². The van der Waals surface area contributed by atoms with Crippen molar-refractivity contribution in [2.24, 2.45) is 0 Å². The lowest BCUT2D eigenvalue weighted by molar-refractivity contribution is -0.274.